The predicted molar refractivity (Wildman–Crippen MR) is 142 cm³/mol. The first-order valence-corrected chi connectivity index (χ1v) is 11.8. The number of nitro benzene ring substituents is 1. The first-order chi connectivity index (χ1) is 18.9. The first kappa shape index (κ1) is 25.1. The maximum Gasteiger partial charge on any atom is 0.379 e. The van der Waals surface area contributed by atoms with Crippen LogP contribution in [0, 0.1) is 10.1 Å². The molecule has 0 fully saturated rings. The number of rotatable bonds is 8. The number of aromatic nitrogens is 2. The van der Waals surface area contributed by atoms with Gasteiger partial charge in [-0.15, -0.1) is 0 Å². The van der Waals surface area contributed by atoms with Crippen molar-refractivity contribution in [3.05, 3.63) is 117 Å². The summed E-state index contributed by atoms with van der Waals surface area (Å²) in [5, 5.41) is 15.8. The lowest BCUT2D eigenvalue weighted by Gasteiger charge is -2.11. The average molecular weight is 524 g/mol. The molecule has 0 aliphatic heterocycles. The van der Waals surface area contributed by atoms with E-state index in [1.807, 2.05) is 0 Å². The maximum atomic E-state index is 13.4. The highest BCUT2D eigenvalue weighted by Crippen LogP contribution is 2.29. The van der Waals surface area contributed by atoms with Crippen LogP contribution < -0.4 is 15.0 Å². The van der Waals surface area contributed by atoms with E-state index in [2.05, 4.69) is 10.1 Å². The van der Waals surface area contributed by atoms with E-state index in [0.717, 1.165) is 4.68 Å². The number of nitrogens with zero attached hydrogens (tertiary/aromatic N) is 4. The van der Waals surface area contributed by atoms with Crippen LogP contribution in [0.1, 0.15) is 23.0 Å². The highest BCUT2D eigenvalue weighted by molar-refractivity contribution is 5.89. The zero-order valence-corrected chi connectivity index (χ0v) is 20.5. The Bertz CT molecular complexity index is 1760. The molecule has 0 saturated heterocycles. The van der Waals surface area contributed by atoms with Crippen molar-refractivity contribution in [3.8, 4) is 22.9 Å². The molecule has 194 valence electrons. The van der Waals surface area contributed by atoms with Crippen LogP contribution in [0.3, 0.4) is 0 Å². The zero-order chi connectivity index (χ0) is 27.4. The van der Waals surface area contributed by atoms with Crippen LogP contribution in [-0.4, -0.2) is 33.4 Å². The predicted octanol–water partition coefficient (Wildman–Crippen LogP) is 5.06. The minimum Gasteiger partial charge on any atom is -0.490 e. The molecule has 11 heteroatoms. The number of esters is 1. The van der Waals surface area contributed by atoms with Gasteiger partial charge >= 0.3 is 5.97 Å². The number of hydrogen-bond acceptors (Lipinski definition) is 9. The number of carbonyl (C=O) groups excluding carboxylic acids is 1. The Labute approximate surface area is 220 Å². The lowest BCUT2D eigenvalue weighted by atomic mass is 10.1. The van der Waals surface area contributed by atoms with Gasteiger partial charge in [0.2, 0.25) is 5.76 Å². The van der Waals surface area contributed by atoms with Crippen molar-refractivity contribution in [3.63, 3.8) is 0 Å². The number of carbonyl (C=O) groups is 1. The third kappa shape index (κ3) is 5.27. The van der Waals surface area contributed by atoms with Crippen molar-refractivity contribution in [1.29, 1.82) is 0 Å². The van der Waals surface area contributed by atoms with Gasteiger partial charge in [-0.25, -0.2) is 9.78 Å². The molecule has 0 unspecified atom stereocenters. The number of ether oxygens (including phenoxy) is 2. The summed E-state index contributed by atoms with van der Waals surface area (Å²) in [6, 6.07) is 20.4. The summed E-state index contributed by atoms with van der Waals surface area (Å²) < 4.78 is 17.3. The lowest BCUT2D eigenvalue weighted by molar-refractivity contribution is -0.384. The van der Waals surface area contributed by atoms with Crippen LogP contribution in [0.2, 0.25) is 0 Å². The fraction of sp³-hybridized carbons (Fsp3) is 0.0714. The summed E-state index contributed by atoms with van der Waals surface area (Å²) in [6.45, 7) is 2.10. The van der Waals surface area contributed by atoms with E-state index in [-0.39, 0.29) is 23.0 Å². The number of benzene rings is 3. The number of hydrogen-bond donors (Lipinski definition) is 0. The number of fused-ring (bicyclic) bond motifs is 1. The molecule has 0 spiro atoms. The van der Waals surface area contributed by atoms with Crippen molar-refractivity contribution in [2.45, 2.75) is 6.92 Å². The van der Waals surface area contributed by atoms with E-state index in [4.69, 9.17) is 13.9 Å². The van der Waals surface area contributed by atoms with Gasteiger partial charge < -0.3 is 13.9 Å². The summed E-state index contributed by atoms with van der Waals surface area (Å²) in [7, 11) is 0. The number of non-ortho nitro benzene ring substituents is 1. The van der Waals surface area contributed by atoms with Gasteiger partial charge in [0.15, 0.2) is 17.3 Å². The Balaban J connectivity index is 1.54. The summed E-state index contributed by atoms with van der Waals surface area (Å²) in [5.41, 5.74) is 0.970. The van der Waals surface area contributed by atoms with E-state index in [9.17, 15) is 19.7 Å². The van der Waals surface area contributed by atoms with Crippen molar-refractivity contribution >= 4 is 28.8 Å². The average Bonchev–Trinajstić information content (AvgIpc) is 3.49. The second-order valence-corrected chi connectivity index (χ2v) is 8.12. The van der Waals surface area contributed by atoms with Crippen molar-refractivity contribution < 1.29 is 23.6 Å². The Kier molecular flexibility index (Phi) is 6.95. The molecule has 0 aliphatic carbocycles. The number of furan rings is 1. The van der Waals surface area contributed by atoms with Gasteiger partial charge in [-0.2, -0.15) is 9.78 Å². The van der Waals surface area contributed by atoms with Crippen molar-refractivity contribution in [2.75, 3.05) is 6.61 Å². The molecule has 3 aromatic carbocycles. The van der Waals surface area contributed by atoms with E-state index in [0.29, 0.717) is 34.4 Å². The second kappa shape index (κ2) is 10.8. The van der Waals surface area contributed by atoms with Crippen molar-refractivity contribution in [2.24, 2.45) is 5.10 Å². The molecule has 5 aromatic rings. The van der Waals surface area contributed by atoms with Crippen LogP contribution in [0.25, 0.3) is 22.3 Å². The summed E-state index contributed by atoms with van der Waals surface area (Å²) in [6.07, 6.45) is 2.81. The molecule has 5 rings (SSSR count). The molecule has 2 aromatic heterocycles. The van der Waals surface area contributed by atoms with Gasteiger partial charge in [-0.3, -0.25) is 14.9 Å². The molecule has 0 amide bonds. The van der Waals surface area contributed by atoms with E-state index in [1.165, 1.54) is 42.8 Å². The van der Waals surface area contributed by atoms with E-state index in [1.54, 1.807) is 55.5 Å². The molecule has 0 aliphatic rings. The van der Waals surface area contributed by atoms with Crippen LogP contribution in [0.5, 0.6) is 11.5 Å². The molecule has 39 heavy (non-hydrogen) atoms. The lowest BCUT2D eigenvalue weighted by Crippen LogP contribution is -2.20. The Morgan fingerprint density at radius 3 is 2.59 bits per heavy atom. The molecule has 2 heterocycles. The van der Waals surface area contributed by atoms with Gasteiger partial charge in [0.05, 0.1) is 34.9 Å². The highest BCUT2D eigenvalue weighted by Gasteiger charge is 2.16. The van der Waals surface area contributed by atoms with Gasteiger partial charge in [0.25, 0.3) is 11.2 Å². The van der Waals surface area contributed by atoms with Gasteiger partial charge in [-0.1, -0.05) is 12.1 Å². The minimum atomic E-state index is -0.677. The fourth-order valence-corrected chi connectivity index (χ4v) is 3.78. The summed E-state index contributed by atoms with van der Waals surface area (Å²) in [5.74, 6) is 0.0558. The van der Waals surface area contributed by atoms with E-state index < -0.39 is 16.5 Å². The molecule has 0 bridgehead atoms. The van der Waals surface area contributed by atoms with Crippen molar-refractivity contribution in [1.82, 2.24) is 9.66 Å². The smallest absolute Gasteiger partial charge is 0.379 e. The minimum absolute atomic E-state index is 0.0463. The number of nitro groups is 1. The third-order valence-corrected chi connectivity index (χ3v) is 5.61. The van der Waals surface area contributed by atoms with Crippen LogP contribution in [0.15, 0.2) is 99.4 Å². The zero-order valence-electron chi connectivity index (χ0n) is 20.5. The van der Waals surface area contributed by atoms with Gasteiger partial charge in [-0.05, 0) is 67.1 Å². The van der Waals surface area contributed by atoms with E-state index >= 15 is 0 Å². The molecular weight excluding hydrogens is 504 g/mol. The first-order valence-electron chi connectivity index (χ1n) is 11.8. The largest absolute Gasteiger partial charge is 0.490 e. The van der Waals surface area contributed by atoms with Crippen LogP contribution in [-0.2, 0) is 0 Å². The molecule has 0 atom stereocenters. The van der Waals surface area contributed by atoms with Crippen LogP contribution in [0.4, 0.5) is 5.69 Å². The SMILES string of the molecule is CCOc1cc(C=Nn2c(-c3ccc([N+](=O)[O-])cc3)nc3ccccc3c2=O)ccc1OC(=O)c1ccco1. The van der Waals surface area contributed by atoms with Crippen LogP contribution >= 0.6 is 0 Å². The normalized spacial score (nSPS) is 11.1. The second-order valence-electron chi connectivity index (χ2n) is 8.12. The van der Waals surface area contributed by atoms with Gasteiger partial charge in [0, 0.05) is 17.7 Å². The topological polar surface area (TPSA) is 139 Å². The third-order valence-electron chi connectivity index (χ3n) is 5.61. The highest BCUT2D eigenvalue weighted by atomic mass is 16.6. The quantitative estimate of drug-likeness (QED) is 0.0902. The Morgan fingerprint density at radius 2 is 1.87 bits per heavy atom. The molecule has 0 radical (unpaired) electrons. The standard InChI is InChI=1S/C28H20N4O7/c1-2-37-25-16-18(9-14-23(25)39-28(34)24-8-5-15-38-24)17-29-31-26(19-10-12-20(13-11-19)32(35)36)30-22-7-4-3-6-21(22)27(31)33/h3-17H,2H2,1H3. The molecular formula is C28H20N4O7. The maximum absolute atomic E-state index is 13.4. The summed E-state index contributed by atoms with van der Waals surface area (Å²) in [4.78, 5) is 40.9. The molecule has 11 nitrogen and oxygen atoms in total. The monoisotopic (exact) mass is 524 g/mol. The fourth-order valence-electron chi connectivity index (χ4n) is 3.78. The van der Waals surface area contributed by atoms with Gasteiger partial charge in [0.1, 0.15) is 0 Å². The number of para-hydroxylation sites is 1. The Hall–Kier alpha value is -5.58. The molecule has 0 N–H and O–H groups in total. The molecule has 0 saturated carbocycles. The summed E-state index contributed by atoms with van der Waals surface area (Å²) >= 11 is 0. The Morgan fingerprint density at radius 1 is 1.08 bits per heavy atom.